The van der Waals surface area contributed by atoms with Gasteiger partial charge in [0.05, 0.1) is 6.10 Å². The average molecular weight is 242 g/mol. The second kappa shape index (κ2) is 6.17. The van der Waals surface area contributed by atoms with Crippen LogP contribution in [0.3, 0.4) is 0 Å². The van der Waals surface area contributed by atoms with Gasteiger partial charge in [0.1, 0.15) is 0 Å². The lowest BCUT2D eigenvalue weighted by Gasteiger charge is -2.32. The molecule has 1 N–H and O–H groups in total. The fourth-order valence-electron chi connectivity index (χ4n) is 2.52. The second-order valence-electron chi connectivity index (χ2n) is 6.53. The van der Waals surface area contributed by atoms with E-state index in [1.54, 1.807) is 0 Å². The lowest BCUT2D eigenvalue weighted by Crippen LogP contribution is -2.43. The van der Waals surface area contributed by atoms with Crippen molar-refractivity contribution in [3.05, 3.63) is 0 Å². The number of aliphatic hydroxyl groups excluding tert-OH is 1. The molecule has 0 amide bonds. The van der Waals surface area contributed by atoms with Gasteiger partial charge in [0.15, 0.2) is 0 Å². The molecule has 1 rings (SSSR count). The molecule has 0 saturated carbocycles. The van der Waals surface area contributed by atoms with E-state index in [1.807, 2.05) is 0 Å². The summed E-state index contributed by atoms with van der Waals surface area (Å²) in [6, 6.07) is 0.692. The minimum atomic E-state index is -0.246. The van der Waals surface area contributed by atoms with Crippen LogP contribution in [-0.2, 0) is 0 Å². The van der Waals surface area contributed by atoms with Crippen molar-refractivity contribution in [3.63, 3.8) is 0 Å². The molecule has 0 bridgehead atoms. The van der Waals surface area contributed by atoms with Gasteiger partial charge in [0.25, 0.3) is 0 Å². The van der Waals surface area contributed by atoms with Crippen LogP contribution in [0, 0.1) is 5.41 Å². The molecule has 0 aromatic heterocycles. The van der Waals surface area contributed by atoms with E-state index in [1.165, 1.54) is 19.4 Å². The highest BCUT2D eigenvalue weighted by Gasteiger charge is 2.27. The monoisotopic (exact) mass is 242 g/mol. The molecule has 1 aliphatic rings. The van der Waals surface area contributed by atoms with Gasteiger partial charge in [-0.05, 0) is 38.4 Å². The zero-order chi connectivity index (χ0) is 13.1. The maximum absolute atomic E-state index is 10.1. The van der Waals surface area contributed by atoms with Gasteiger partial charge >= 0.3 is 0 Å². The molecular formula is C14H30N2O. The van der Waals surface area contributed by atoms with Crippen molar-refractivity contribution in [2.75, 3.05) is 33.2 Å². The highest BCUT2D eigenvalue weighted by molar-refractivity contribution is 4.82. The molecule has 1 heterocycles. The smallest absolute Gasteiger partial charge is 0.0715 e. The van der Waals surface area contributed by atoms with E-state index in [9.17, 15) is 5.11 Å². The van der Waals surface area contributed by atoms with Crippen LogP contribution in [0.2, 0.25) is 0 Å². The Balaban J connectivity index is 2.36. The van der Waals surface area contributed by atoms with Crippen molar-refractivity contribution < 1.29 is 5.11 Å². The topological polar surface area (TPSA) is 26.7 Å². The van der Waals surface area contributed by atoms with Gasteiger partial charge in [0, 0.05) is 19.1 Å². The Hall–Kier alpha value is -0.120. The lowest BCUT2D eigenvalue weighted by atomic mass is 9.89. The van der Waals surface area contributed by atoms with Crippen LogP contribution in [0.4, 0.5) is 0 Å². The molecule has 0 radical (unpaired) electrons. The van der Waals surface area contributed by atoms with E-state index in [0.717, 1.165) is 19.6 Å². The van der Waals surface area contributed by atoms with Crippen LogP contribution in [-0.4, -0.2) is 60.3 Å². The van der Waals surface area contributed by atoms with E-state index in [2.05, 4.69) is 44.5 Å². The summed E-state index contributed by atoms with van der Waals surface area (Å²) in [6.45, 7) is 12.8. The Morgan fingerprint density at radius 1 is 1.41 bits per heavy atom. The second-order valence-corrected chi connectivity index (χ2v) is 6.53. The van der Waals surface area contributed by atoms with Gasteiger partial charge in [-0.15, -0.1) is 0 Å². The number of likely N-dealkylation sites (tertiary alicyclic amines) is 1. The standard InChI is InChI=1S/C14H30N2O/c1-6-16-9-7-8-12(16)10-15(5)11-13(17)14(2,3)4/h12-13,17H,6-11H2,1-5H3. The van der Waals surface area contributed by atoms with Crippen LogP contribution in [0.5, 0.6) is 0 Å². The summed E-state index contributed by atoms with van der Waals surface area (Å²) < 4.78 is 0. The summed E-state index contributed by atoms with van der Waals surface area (Å²) in [6.07, 6.45) is 2.39. The van der Waals surface area contributed by atoms with Gasteiger partial charge in [-0.3, -0.25) is 4.90 Å². The number of hydrogen-bond acceptors (Lipinski definition) is 3. The predicted molar refractivity (Wildman–Crippen MR) is 73.2 cm³/mol. The molecule has 2 unspecified atom stereocenters. The predicted octanol–water partition coefficient (Wildman–Crippen LogP) is 1.81. The summed E-state index contributed by atoms with van der Waals surface area (Å²) >= 11 is 0. The number of rotatable bonds is 5. The third kappa shape index (κ3) is 4.57. The van der Waals surface area contributed by atoms with Crippen LogP contribution >= 0.6 is 0 Å². The fraction of sp³-hybridized carbons (Fsp3) is 1.00. The Kier molecular flexibility index (Phi) is 5.42. The van der Waals surface area contributed by atoms with Gasteiger partial charge in [-0.25, -0.2) is 0 Å². The van der Waals surface area contributed by atoms with Crippen molar-refractivity contribution in [2.45, 2.75) is 52.7 Å². The van der Waals surface area contributed by atoms with Crippen molar-refractivity contribution in [1.29, 1.82) is 0 Å². The largest absolute Gasteiger partial charge is 0.391 e. The zero-order valence-electron chi connectivity index (χ0n) is 12.2. The Morgan fingerprint density at radius 2 is 2.06 bits per heavy atom. The Labute approximate surface area is 107 Å². The molecular weight excluding hydrogens is 212 g/mol. The number of nitrogens with zero attached hydrogens (tertiary/aromatic N) is 2. The first-order valence-electron chi connectivity index (χ1n) is 6.95. The van der Waals surface area contributed by atoms with Crippen LogP contribution < -0.4 is 0 Å². The first-order chi connectivity index (χ1) is 7.84. The maximum Gasteiger partial charge on any atom is 0.0715 e. The van der Waals surface area contributed by atoms with Crippen LogP contribution in [0.15, 0.2) is 0 Å². The van der Waals surface area contributed by atoms with Gasteiger partial charge in [0.2, 0.25) is 0 Å². The molecule has 0 aromatic carbocycles. The number of hydrogen-bond donors (Lipinski definition) is 1. The molecule has 0 aromatic rings. The fourth-order valence-corrected chi connectivity index (χ4v) is 2.52. The SMILES string of the molecule is CCN1CCCC1CN(C)CC(O)C(C)(C)C. The molecule has 2 atom stereocenters. The summed E-state index contributed by atoms with van der Waals surface area (Å²) in [5, 5.41) is 10.1. The molecule has 0 spiro atoms. The molecule has 3 heteroatoms. The molecule has 17 heavy (non-hydrogen) atoms. The highest BCUT2D eigenvalue weighted by atomic mass is 16.3. The van der Waals surface area contributed by atoms with E-state index in [0.29, 0.717) is 6.04 Å². The Morgan fingerprint density at radius 3 is 2.59 bits per heavy atom. The number of aliphatic hydroxyl groups is 1. The van der Waals surface area contributed by atoms with Gasteiger partial charge in [-0.2, -0.15) is 0 Å². The van der Waals surface area contributed by atoms with E-state index in [-0.39, 0.29) is 11.5 Å². The molecule has 1 saturated heterocycles. The highest BCUT2D eigenvalue weighted by Crippen LogP contribution is 2.21. The summed E-state index contributed by atoms with van der Waals surface area (Å²) in [5.41, 5.74) is -0.0195. The van der Waals surface area contributed by atoms with E-state index >= 15 is 0 Å². The Bertz CT molecular complexity index is 225. The zero-order valence-corrected chi connectivity index (χ0v) is 12.2. The third-order valence-corrected chi connectivity index (χ3v) is 3.91. The van der Waals surface area contributed by atoms with Crippen molar-refractivity contribution in [2.24, 2.45) is 5.41 Å². The quantitative estimate of drug-likeness (QED) is 0.796. The van der Waals surface area contributed by atoms with Gasteiger partial charge < -0.3 is 10.0 Å². The van der Waals surface area contributed by atoms with Crippen LogP contribution in [0.1, 0.15) is 40.5 Å². The summed E-state index contributed by atoms with van der Waals surface area (Å²) in [7, 11) is 2.13. The molecule has 1 fully saturated rings. The minimum absolute atomic E-state index is 0.0195. The van der Waals surface area contributed by atoms with Crippen molar-refractivity contribution >= 4 is 0 Å². The minimum Gasteiger partial charge on any atom is -0.391 e. The van der Waals surface area contributed by atoms with E-state index < -0.39 is 0 Å². The lowest BCUT2D eigenvalue weighted by molar-refractivity contribution is 0.0298. The van der Waals surface area contributed by atoms with Crippen molar-refractivity contribution in [3.8, 4) is 0 Å². The number of likely N-dealkylation sites (N-methyl/N-ethyl adjacent to an activating group) is 2. The van der Waals surface area contributed by atoms with Crippen molar-refractivity contribution in [1.82, 2.24) is 9.80 Å². The third-order valence-electron chi connectivity index (χ3n) is 3.91. The summed E-state index contributed by atoms with van der Waals surface area (Å²) in [5.74, 6) is 0. The first-order valence-corrected chi connectivity index (χ1v) is 6.95. The normalized spacial score (nSPS) is 24.5. The van der Waals surface area contributed by atoms with Gasteiger partial charge in [-0.1, -0.05) is 27.7 Å². The summed E-state index contributed by atoms with van der Waals surface area (Å²) in [4.78, 5) is 4.84. The maximum atomic E-state index is 10.1. The molecule has 3 nitrogen and oxygen atoms in total. The molecule has 102 valence electrons. The van der Waals surface area contributed by atoms with E-state index in [4.69, 9.17) is 0 Å². The molecule has 0 aliphatic carbocycles. The average Bonchev–Trinajstić information content (AvgIpc) is 2.63. The first kappa shape index (κ1) is 14.9. The molecule has 1 aliphatic heterocycles. The van der Waals surface area contributed by atoms with Crippen LogP contribution in [0.25, 0.3) is 0 Å².